The zero-order valence-corrected chi connectivity index (χ0v) is 23.1. The Hall–Kier alpha value is -3.21. The predicted molar refractivity (Wildman–Crippen MR) is 145 cm³/mol. The number of rotatable bonds is 7. The summed E-state index contributed by atoms with van der Waals surface area (Å²) < 4.78 is 41.6. The van der Waals surface area contributed by atoms with E-state index in [1.54, 1.807) is 34.1 Å². The van der Waals surface area contributed by atoms with Crippen molar-refractivity contribution in [2.45, 2.75) is 57.2 Å². The molecule has 1 aromatic carbocycles. The van der Waals surface area contributed by atoms with Crippen LogP contribution in [0, 0.1) is 11.8 Å². The highest BCUT2D eigenvalue weighted by molar-refractivity contribution is 5.94. The Bertz CT molecular complexity index is 1210. The molecule has 1 aromatic heterocycles. The Morgan fingerprint density at radius 2 is 1.73 bits per heavy atom. The average molecular weight is 559 g/mol. The first-order valence-electron chi connectivity index (χ1n) is 14.1. The van der Waals surface area contributed by atoms with Crippen LogP contribution in [0.3, 0.4) is 0 Å². The number of nitrogens with one attached hydrogen (secondary N) is 1. The van der Waals surface area contributed by atoms with E-state index in [0.29, 0.717) is 24.1 Å². The lowest BCUT2D eigenvalue weighted by atomic mass is 9.88. The van der Waals surface area contributed by atoms with E-state index in [4.69, 9.17) is 0 Å². The maximum atomic E-state index is 13.9. The maximum Gasteiger partial charge on any atom is 0.419 e. The average Bonchev–Trinajstić information content (AvgIpc) is 3.35. The van der Waals surface area contributed by atoms with Crippen molar-refractivity contribution in [3.8, 4) is 0 Å². The van der Waals surface area contributed by atoms with Gasteiger partial charge in [-0.25, -0.2) is 9.97 Å². The second kappa shape index (κ2) is 11.7. The summed E-state index contributed by atoms with van der Waals surface area (Å²) in [5.74, 6) is -0.387. The Labute approximate surface area is 232 Å². The smallest absolute Gasteiger partial charge is 0.342 e. The van der Waals surface area contributed by atoms with Gasteiger partial charge in [0.25, 0.3) is 5.91 Å². The molecule has 2 saturated heterocycles. The second-order valence-electron chi connectivity index (χ2n) is 11.4. The van der Waals surface area contributed by atoms with E-state index in [1.165, 1.54) is 0 Å². The van der Waals surface area contributed by atoms with Crippen LogP contribution in [-0.2, 0) is 17.4 Å². The van der Waals surface area contributed by atoms with E-state index in [-0.39, 0.29) is 47.8 Å². The van der Waals surface area contributed by atoms with Gasteiger partial charge in [0.2, 0.25) is 11.9 Å². The number of carbonyl (C=O) groups is 2. The van der Waals surface area contributed by atoms with Crippen LogP contribution in [0.15, 0.2) is 30.5 Å². The highest BCUT2D eigenvalue weighted by Gasteiger charge is 2.40. The molecule has 8 nitrogen and oxygen atoms in total. The van der Waals surface area contributed by atoms with E-state index >= 15 is 0 Å². The summed E-state index contributed by atoms with van der Waals surface area (Å²) in [6, 6.07) is 7.00. The number of hydrogen-bond donors (Lipinski definition) is 1. The minimum atomic E-state index is -4.59. The first-order valence-corrected chi connectivity index (χ1v) is 14.1. The van der Waals surface area contributed by atoms with E-state index in [0.717, 1.165) is 58.1 Å². The van der Waals surface area contributed by atoms with Gasteiger partial charge in [-0.3, -0.25) is 9.59 Å². The molecule has 1 N–H and O–H groups in total. The Balaban J connectivity index is 1.28. The summed E-state index contributed by atoms with van der Waals surface area (Å²) >= 11 is 0. The van der Waals surface area contributed by atoms with Gasteiger partial charge in [0.1, 0.15) is 0 Å². The van der Waals surface area contributed by atoms with Crippen LogP contribution in [0.5, 0.6) is 0 Å². The molecule has 40 heavy (non-hydrogen) atoms. The van der Waals surface area contributed by atoms with Crippen molar-refractivity contribution in [2.75, 3.05) is 45.6 Å². The number of nitrogens with zero attached hydrogens (tertiary/aromatic N) is 5. The molecule has 2 aliphatic heterocycles. The van der Waals surface area contributed by atoms with Crippen LogP contribution < -0.4 is 5.32 Å². The van der Waals surface area contributed by atoms with Gasteiger partial charge in [0.05, 0.1) is 11.3 Å². The number of benzene rings is 1. The molecule has 1 aliphatic carbocycles. The van der Waals surface area contributed by atoms with Crippen molar-refractivity contribution in [1.29, 1.82) is 0 Å². The molecule has 3 heterocycles. The zero-order valence-electron chi connectivity index (χ0n) is 23.1. The summed E-state index contributed by atoms with van der Waals surface area (Å²) in [4.78, 5) is 39.9. The van der Waals surface area contributed by atoms with Gasteiger partial charge in [0, 0.05) is 49.5 Å². The largest absolute Gasteiger partial charge is 0.419 e. The quantitative estimate of drug-likeness (QED) is 0.535. The molecule has 2 aromatic rings. The van der Waals surface area contributed by atoms with Crippen LogP contribution >= 0.6 is 0 Å². The highest BCUT2D eigenvalue weighted by atomic mass is 19.4. The normalized spacial score (nSPS) is 22.2. The fourth-order valence-electron chi connectivity index (χ4n) is 6.07. The maximum absolute atomic E-state index is 13.9. The fraction of sp³-hybridized carbons (Fsp3) is 0.586. The number of alkyl halides is 3. The number of hydrogen-bond acceptors (Lipinski definition) is 6. The van der Waals surface area contributed by atoms with E-state index in [9.17, 15) is 22.8 Å². The Morgan fingerprint density at radius 1 is 1.02 bits per heavy atom. The molecular formula is C29H37F3N6O2. The number of aromatic nitrogens is 2. The van der Waals surface area contributed by atoms with Gasteiger partial charge in [-0.05, 0) is 88.8 Å². The minimum absolute atomic E-state index is 0.0501. The molecule has 2 amide bonds. The van der Waals surface area contributed by atoms with E-state index < -0.39 is 11.7 Å². The second-order valence-corrected chi connectivity index (χ2v) is 11.4. The standard InChI is InChI=1S/C29H37F3N6O2/c1-36-15-11-22(12-16-36)37(2)26(39)19-7-9-21(10-8-19)34-28-33-18-24(29(30,31)32)25(35-28)17-20-5-3-6-23(20)27(40)38-13-4-14-38/h7-10,18,20,22-23H,3-6,11-17H2,1-2H3,(H,33,34,35)/t20-,23-/m0/s1. The van der Waals surface area contributed by atoms with Crippen LogP contribution in [-0.4, -0.2) is 82.8 Å². The first-order chi connectivity index (χ1) is 19.1. The Kier molecular flexibility index (Phi) is 8.30. The zero-order chi connectivity index (χ0) is 28.4. The molecule has 3 fully saturated rings. The van der Waals surface area contributed by atoms with Gasteiger partial charge in [0.15, 0.2) is 0 Å². The SMILES string of the molecule is CN1CCC(N(C)C(=O)c2ccc(Nc3ncc(C(F)(F)F)c(C[C@@H]4CCC[C@@H]4C(=O)N4CCC4)n3)cc2)CC1. The summed E-state index contributed by atoms with van der Waals surface area (Å²) in [7, 11) is 3.90. The lowest BCUT2D eigenvalue weighted by molar-refractivity contribution is -0.140. The van der Waals surface area contributed by atoms with Crippen molar-refractivity contribution in [2.24, 2.45) is 11.8 Å². The molecule has 5 rings (SSSR count). The molecule has 2 atom stereocenters. The van der Waals surface area contributed by atoms with Gasteiger partial charge < -0.3 is 20.0 Å². The number of anilines is 2. The van der Waals surface area contributed by atoms with Crippen LogP contribution in [0.4, 0.5) is 24.8 Å². The summed E-state index contributed by atoms with van der Waals surface area (Å²) in [5, 5.41) is 2.99. The summed E-state index contributed by atoms with van der Waals surface area (Å²) in [5.41, 5.74) is 0.152. The number of amides is 2. The topological polar surface area (TPSA) is 81.7 Å². The molecule has 3 aliphatic rings. The molecule has 0 bridgehead atoms. The highest BCUT2D eigenvalue weighted by Crippen LogP contribution is 2.39. The number of piperidine rings is 1. The third kappa shape index (κ3) is 6.24. The van der Waals surface area contributed by atoms with Crippen LogP contribution in [0.25, 0.3) is 0 Å². The third-order valence-electron chi connectivity index (χ3n) is 8.72. The van der Waals surface area contributed by atoms with E-state index in [2.05, 4.69) is 27.2 Å². The third-order valence-corrected chi connectivity index (χ3v) is 8.72. The number of likely N-dealkylation sites (tertiary alicyclic amines) is 2. The molecule has 216 valence electrons. The molecule has 0 unspecified atom stereocenters. The lowest BCUT2D eigenvalue weighted by Crippen LogP contribution is -2.46. The van der Waals surface area contributed by atoms with Gasteiger partial charge in [-0.15, -0.1) is 0 Å². The number of halogens is 3. The molecule has 0 spiro atoms. The van der Waals surface area contributed by atoms with Gasteiger partial charge in [-0.2, -0.15) is 13.2 Å². The minimum Gasteiger partial charge on any atom is -0.342 e. The molecule has 0 radical (unpaired) electrons. The monoisotopic (exact) mass is 558 g/mol. The molecular weight excluding hydrogens is 521 g/mol. The van der Waals surface area contributed by atoms with Crippen molar-refractivity contribution >= 4 is 23.5 Å². The van der Waals surface area contributed by atoms with Crippen LogP contribution in [0.1, 0.15) is 60.1 Å². The van der Waals surface area contributed by atoms with E-state index in [1.807, 2.05) is 7.05 Å². The van der Waals surface area contributed by atoms with Crippen molar-refractivity contribution in [3.63, 3.8) is 0 Å². The lowest BCUT2D eigenvalue weighted by Gasteiger charge is -2.35. The number of carbonyl (C=O) groups excluding carboxylic acids is 2. The summed E-state index contributed by atoms with van der Waals surface area (Å²) in [6.07, 6.45) is 1.38. The van der Waals surface area contributed by atoms with Crippen molar-refractivity contribution < 1.29 is 22.8 Å². The Morgan fingerprint density at radius 3 is 2.35 bits per heavy atom. The fourth-order valence-corrected chi connectivity index (χ4v) is 6.07. The van der Waals surface area contributed by atoms with Crippen molar-refractivity contribution in [1.82, 2.24) is 24.7 Å². The van der Waals surface area contributed by atoms with Gasteiger partial charge in [-0.1, -0.05) is 6.42 Å². The van der Waals surface area contributed by atoms with Gasteiger partial charge >= 0.3 is 6.18 Å². The predicted octanol–water partition coefficient (Wildman–Crippen LogP) is 4.60. The van der Waals surface area contributed by atoms with Crippen LogP contribution in [0.2, 0.25) is 0 Å². The molecule has 1 saturated carbocycles. The first kappa shape index (κ1) is 28.3. The van der Waals surface area contributed by atoms with Crippen molar-refractivity contribution in [3.05, 3.63) is 47.3 Å². The molecule has 11 heteroatoms. The summed E-state index contributed by atoms with van der Waals surface area (Å²) in [6.45, 7) is 3.37.